The lowest BCUT2D eigenvalue weighted by Crippen LogP contribution is -2.52. The van der Waals surface area contributed by atoms with E-state index in [1.165, 1.54) is 18.4 Å². The van der Waals surface area contributed by atoms with Crippen LogP contribution in [0, 0.1) is 5.41 Å². The van der Waals surface area contributed by atoms with Gasteiger partial charge in [-0.05, 0) is 31.2 Å². The van der Waals surface area contributed by atoms with Crippen molar-refractivity contribution in [2.75, 3.05) is 31.1 Å². The van der Waals surface area contributed by atoms with E-state index in [1.807, 2.05) is 11.8 Å². The summed E-state index contributed by atoms with van der Waals surface area (Å²) in [6.45, 7) is 5.08. The number of benzene rings is 1. The smallest absolute Gasteiger partial charge is 0.230 e. The van der Waals surface area contributed by atoms with Gasteiger partial charge in [-0.3, -0.25) is 9.69 Å². The molecule has 3 saturated heterocycles. The summed E-state index contributed by atoms with van der Waals surface area (Å²) in [4.78, 5) is 18.2. The van der Waals surface area contributed by atoms with E-state index < -0.39 is 0 Å². The van der Waals surface area contributed by atoms with Crippen molar-refractivity contribution in [3.63, 3.8) is 0 Å². The molecule has 3 atom stereocenters. The Bertz CT molecular complexity index is 655. The Kier molecular flexibility index (Phi) is 5.42. The van der Waals surface area contributed by atoms with Crippen LogP contribution in [0.3, 0.4) is 0 Å². The quantitative estimate of drug-likeness (QED) is 0.785. The normalized spacial score (nSPS) is 31.8. The molecule has 1 aromatic rings. The molecule has 26 heavy (non-hydrogen) atoms. The van der Waals surface area contributed by atoms with E-state index in [9.17, 15) is 4.79 Å². The molecule has 0 aliphatic carbocycles. The summed E-state index contributed by atoms with van der Waals surface area (Å²) in [5.74, 6) is 2.65. The molecule has 140 valence electrons. The van der Waals surface area contributed by atoms with Crippen molar-refractivity contribution in [2.24, 2.45) is 5.41 Å². The second kappa shape index (κ2) is 7.77. The van der Waals surface area contributed by atoms with Crippen molar-refractivity contribution < 1.29 is 4.79 Å². The first-order chi connectivity index (χ1) is 12.7. The summed E-state index contributed by atoms with van der Waals surface area (Å²) >= 11 is 1.98. The Labute approximate surface area is 161 Å². The van der Waals surface area contributed by atoms with Crippen molar-refractivity contribution in [1.82, 2.24) is 9.80 Å². The molecule has 4 heteroatoms. The topological polar surface area (TPSA) is 23.6 Å². The van der Waals surface area contributed by atoms with Crippen molar-refractivity contribution in [3.8, 4) is 0 Å². The van der Waals surface area contributed by atoms with E-state index in [-0.39, 0.29) is 5.41 Å². The van der Waals surface area contributed by atoms with Crippen LogP contribution in [-0.4, -0.2) is 58.9 Å². The molecule has 1 amide bonds. The first-order valence-electron chi connectivity index (χ1n) is 10.1. The molecule has 0 radical (unpaired) electrons. The Balaban J connectivity index is 1.47. The van der Waals surface area contributed by atoms with Gasteiger partial charge in [0.15, 0.2) is 0 Å². The largest absolute Gasteiger partial charge is 0.341 e. The minimum atomic E-state index is -0.133. The number of fused-ring (bicyclic) bond motifs is 2. The third kappa shape index (κ3) is 3.22. The van der Waals surface area contributed by atoms with Crippen molar-refractivity contribution in [3.05, 3.63) is 42.0 Å². The fraction of sp³-hybridized carbons (Fsp3) is 0.591. The predicted octanol–water partition coefficient (Wildman–Crippen LogP) is 3.91. The Morgan fingerprint density at radius 2 is 2.00 bits per heavy atom. The molecule has 3 aliphatic rings. The van der Waals surface area contributed by atoms with Crippen LogP contribution in [0.2, 0.25) is 0 Å². The third-order valence-corrected chi connectivity index (χ3v) is 7.60. The van der Waals surface area contributed by atoms with Crippen LogP contribution in [0.15, 0.2) is 36.4 Å². The highest BCUT2D eigenvalue weighted by Crippen LogP contribution is 2.52. The zero-order chi connectivity index (χ0) is 18.0. The lowest BCUT2D eigenvalue weighted by Gasteiger charge is -2.40. The monoisotopic (exact) mass is 370 g/mol. The number of carbonyl (C=O) groups is 1. The number of rotatable bonds is 5. The molecule has 0 unspecified atom stereocenters. The molecule has 1 aromatic carbocycles. The average molecular weight is 371 g/mol. The van der Waals surface area contributed by atoms with E-state index in [1.54, 1.807) is 0 Å². The zero-order valence-electron chi connectivity index (χ0n) is 15.8. The lowest BCUT2D eigenvalue weighted by atomic mass is 9.70. The van der Waals surface area contributed by atoms with Gasteiger partial charge in [0.2, 0.25) is 5.91 Å². The molecular weight excluding hydrogens is 340 g/mol. The molecule has 3 aliphatic heterocycles. The summed E-state index contributed by atoms with van der Waals surface area (Å²) in [5, 5.41) is 0. The van der Waals surface area contributed by atoms with Gasteiger partial charge in [-0.1, -0.05) is 49.4 Å². The van der Waals surface area contributed by atoms with Gasteiger partial charge in [0.1, 0.15) is 0 Å². The maximum atomic E-state index is 13.5. The molecule has 0 saturated carbocycles. The standard InChI is InChI=1S/C22H30N2OS/c1-2-22(21(25)23-13-15-26-16-14-23)17-19-10-11-20(22)24(19)12-6-9-18-7-4-3-5-8-18/h3-9,19-20H,2,10-17H2,1H3/b9-6+/t19-,20+,22+/m0/s1. The van der Waals surface area contributed by atoms with Crippen LogP contribution in [0.4, 0.5) is 0 Å². The number of thioether (sulfide) groups is 1. The van der Waals surface area contributed by atoms with Crippen LogP contribution in [0.5, 0.6) is 0 Å². The maximum Gasteiger partial charge on any atom is 0.230 e. The second-order valence-electron chi connectivity index (χ2n) is 7.88. The van der Waals surface area contributed by atoms with E-state index in [4.69, 9.17) is 0 Å². The minimum absolute atomic E-state index is 0.133. The molecular formula is C22H30N2OS. The molecule has 0 N–H and O–H groups in total. The van der Waals surface area contributed by atoms with Gasteiger partial charge >= 0.3 is 0 Å². The van der Waals surface area contributed by atoms with Gasteiger partial charge in [0.25, 0.3) is 0 Å². The van der Waals surface area contributed by atoms with Gasteiger partial charge < -0.3 is 4.90 Å². The Hall–Kier alpha value is -1.26. The van der Waals surface area contributed by atoms with E-state index in [0.717, 1.165) is 44.0 Å². The number of carbonyl (C=O) groups excluding carboxylic acids is 1. The van der Waals surface area contributed by atoms with Crippen LogP contribution >= 0.6 is 11.8 Å². The third-order valence-electron chi connectivity index (χ3n) is 6.66. The van der Waals surface area contributed by atoms with Crippen molar-refractivity contribution in [2.45, 2.75) is 44.7 Å². The van der Waals surface area contributed by atoms with Gasteiger partial charge in [0, 0.05) is 43.2 Å². The first kappa shape index (κ1) is 18.1. The maximum absolute atomic E-state index is 13.5. The molecule has 0 aromatic heterocycles. The average Bonchev–Trinajstić information content (AvgIpc) is 3.24. The summed E-state index contributed by atoms with van der Waals surface area (Å²) in [7, 11) is 0. The number of amides is 1. The Morgan fingerprint density at radius 3 is 2.73 bits per heavy atom. The van der Waals surface area contributed by atoms with Crippen LogP contribution in [0.25, 0.3) is 6.08 Å². The molecule has 3 heterocycles. The van der Waals surface area contributed by atoms with E-state index in [0.29, 0.717) is 18.0 Å². The second-order valence-corrected chi connectivity index (χ2v) is 9.10. The molecule has 0 spiro atoms. The van der Waals surface area contributed by atoms with Crippen LogP contribution in [-0.2, 0) is 4.79 Å². The SMILES string of the molecule is CC[C@@]1(C(=O)N2CCSCC2)C[C@@H]2CC[C@H]1N2C/C=C/c1ccccc1. The van der Waals surface area contributed by atoms with Crippen molar-refractivity contribution in [1.29, 1.82) is 0 Å². The number of hydrogen-bond donors (Lipinski definition) is 0. The number of hydrogen-bond acceptors (Lipinski definition) is 3. The van der Waals surface area contributed by atoms with Crippen LogP contribution < -0.4 is 0 Å². The highest BCUT2D eigenvalue weighted by Gasteiger charge is 2.59. The summed E-state index contributed by atoms with van der Waals surface area (Å²) in [6.07, 6.45) is 9.00. The highest BCUT2D eigenvalue weighted by atomic mass is 32.2. The fourth-order valence-corrected chi connectivity index (χ4v) is 6.20. The summed E-state index contributed by atoms with van der Waals surface area (Å²) in [5.41, 5.74) is 1.12. The first-order valence-corrected chi connectivity index (χ1v) is 11.2. The van der Waals surface area contributed by atoms with Gasteiger partial charge in [-0.2, -0.15) is 11.8 Å². The number of nitrogens with zero attached hydrogens (tertiary/aromatic N) is 2. The van der Waals surface area contributed by atoms with Crippen molar-refractivity contribution >= 4 is 23.7 Å². The molecule has 3 fully saturated rings. The lowest BCUT2D eigenvalue weighted by molar-refractivity contribution is -0.144. The van der Waals surface area contributed by atoms with Gasteiger partial charge in [-0.25, -0.2) is 0 Å². The van der Waals surface area contributed by atoms with E-state index >= 15 is 0 Å². The summed E-state index contributed by atoms with van der Waals surface area (Å²) < 4.78 is 0. The molecule has 3 nitrogen and oxygen atoms in total. The summed E-state index contributed by atoms with van der Waals surface area (Å²) in [6, 6.07) is 11.5. The minimum Gasteiger partial charge on any atom is -0.341 e. The molecule has 2 bridgehead atoms. The predicted molar refractivity (Wildman–Crippen MR) is 110 cm³/mol. The fourth-order valence-electron chi connectivity index (χ4n) is 5.30. The highest BCUT2D eigenvalue weighted by molar-refractivity contribution is 7.99. The Morgan fingerprint density at radius 1 is 1.23 bits per heavy atom. The van der Waals surface area contributed by atoms with Gasteiger partial charge in [-0.15, -0.1) is 0 Å². The van der Waals surface area contributed by atoms with Crippen LogP contribution in [0.1, 0.15) is 38.2 Å². The zero-order valence-corrected chi connectivity index (χ0v) is 16.6. The molecule has 4 rings (SSSR count). The van der Waals surface area contributed by atoms with E-state index in [2.05, 4.69) is 59.2 Å². The van der Waals surface area contributed by atoms with Gasteiger partial charge in [0.05, 0.1) is 5.41 Å².